The fourth-order valence-corrected chi connectivity index (χ4v) is 4.46. The standard InChI is InChI=1S/C34H35NO3/c35-22-21-28-13-6-2-1-3-11-19-31(20-12-18-28)34-24-32(37-26-30-16-9-5-10-17-30)23-33(38-34)27-36-25-29-14-7-4-8-15-29/h1-20,32-34H,21,23-27H2. The largest absolute Gasteiger partial charge is 0.374 e. The summed E-state index contributed by atoms with van der Waals surface area (Å²) in [6.45, 7) is 1.63. The zero-order chi connectivity index (χ0) is 26.3. The molecule has 3 unspecified atom stereocenters. The molecule has 2 aromatic carbocycles. The summed E-state index contributed by atoms with van der Waals surface area (Å²) in [6.07, 6.45) is 21.8. The molecule has 1 aliphatic heterocycles. The average molecular weight is 506 g/mol. The molecule has 4 nitrogen and oxygen atoms in total. The van der Waals surface area contributed by atoms with Crippen molar-refractivity contribution in [3.63, 3.8) is 0 Å². The van der Waals surface area contributed by atoms with Gasteiger partial charge in [0.2, 0.25) is 0 Å². The van der Waals surface area contributed by atoms with Crippen molar-refractivity contribution in [1.29, 1.82) is 5.26 Å². The van der Waals surface area contributed by atoms with Crippen LogP contribution < -0.4 is 0 Å². The van der Waals surface area contributed by atoms with Crippen molar-refractivity contribution < 1.29 is 14.2 Å². The van der Waals surface area contributed by atoms with Gasteiger partial charge in [0.1, 0.15) is 0 Å². The second-order valence-corrected chi connectivity index (χ2v) is 9.37. The highest BCUT2D eigenvalue weighted by Crippen LogP contribution is 2.29. The molecule has 1 saturated heterocycles. The second-order valence-electron chi connectivity index (χ2n) is 9.37. The maximum Gasteiger partial charge on any atom is 0.0854 e. The van der Waals surface area contributed by atoms with Crippen LogP contribution in [0.3, 0.4) is 0 Å². The fraction of sp³-hybridized carbons (Fsp3) is 0.265. The topological polar surface area (TPSA) is 51.5 Å². The molecule has 0 aromatic heterocycles. The van der Waals surface area contributed by atoms with Crippen molar-refractivity contribution in [2.45, 2.75) is 50.8 Å². The van der Waals surface area contributed by atoms with E-state index in [0.717, 1.165) is 35.1 Å². The van der Waals surface area contributed by atoms with Gasteiger partial charge in [0.25, 0.3) is 0 Å². The highest BCUT2D eigenvalue weighted by atomic mass is 16.5. The van der Waals surface area contributed by atoms with Crippen molar-refractivity contribution in [3.05, 3.63) is 144 Å². The van der Waals surface area contributed by atoms with Crippen LogP contribution in [0.5, 0.6) is 0 Å². The lowest BCUT2D eigenvalue weighted by Crippen LogP contribution is -2.40. The summed E-state index contributed by atoms with van der Waals surface area (Å²) < 4.78 is 19.0. The number of ether oxygens (including phenoxy) is 3. The van der Waals surface area contributed by atoms with Crippen LogP contribution in [0.25, 0.3) is 0 Å². The summed E-state index contributed by atoms with van der Waals surface area (Å²) >= 11 is 0. The van der Waals surface area contributed by atoms with Gasteiger partial charge < -0.3 is 14.2 Å². The number of allylic oxidation sites excluding steroid dienone is 10. The van der Waals surface area contributed by atoms with E-state index in [1.54, 1.807) is 0 Å². The van der Waals surface area contributed by atoms with E-state index in [0.29, 0.717) is 26.2 Å². The first-order valence-corrected chi connectivity index (χ1v) is 13.2. The van der Waals surface area contributed by atoms with E-state index in [2.05, 4.69) is 42.5 Å². The summed E-state index contributed by atoms with van der Waals surface area (Å²) in [4.78, 5) is 0. The van der Waals surface area contributed by atoms with Crippen molar-refractivity contribution in [2.24, 2.45) is 0 Å². The molecule has 38 heavy (non-hydrogen) atoms. The van der Waals surface area contributed by atoms with Crippen molar-refractivity contribution in [2.75, 3.05) is 6.61 Å². The normalized spacial score (nSPS) is 21.6. The Labute approximate surface area is 226 Å². The summed E-state index contributed by atoms with van der Waals surface area (Å²) in [6, 6.07) is 22.7. The molecule has 4 rings (SSSR count). The van der Waals surface area contributed by atoms with Gasteiger partial charge in [-0.3, -0.25) is 0 Å². The monoisotopic (exact) mass is 505 g/mol. The van der Waals surface area contributed by atoms with E-state index in [9.17, 15) is 0 Å². The van der Waals surface area contributed by atoms with Crippen molar-refractivity contribution in [3.8, 4) is 6.07 Å². The zero-order valence-corrected chi connectivity index (χ0v) is 21.7. The molecule has 0 bridgehead atoms. The minimum atomic E-state index is -0.133. The van der Waals surface area contributed by atoms with Gasteiger partial charge in [-0.05, 0) is 22.3 Å². The Morgan fingerprint density at radius 2 is 1.47 bits per heavy atom. The minimum Gasteiger partial charge on any atom is -0.374 e. The lowest BCUT2D eigenvalue weighted by atomic mass is 9.95. The number of hydrogen-bond acceptors (Lipinski definition) is 4. The molecule has 0 amide bonds. The van der Waals surface area contributed by atoms with Gasteiger partial charge in [-0.15, -0.1) is 0 Å². The maximum absolute atomic E-state index is 9.16. The van der Waals surface area contributed by atoms with Crippen LogP contribution in [-0.4, -0.2) is 24.9 Å². The van der Waals surface area contributed by atoms with Crippen LogP contribution in [-0.2, 0) is 27.4 Å². The van der Waals surface area contributed by atoms with Gasteiger partial charge in [-0.25, -0.2) is 0 Å². The third-order valence-electron chi connectivity index (χ3n) is 6.40. The number of benzene rings is 2. The summed E-state index contributed by atoms with van der Waals surface area (Å²) in [5, 5.41) is 9.16. The molecule has 0 saturated carbocycles. The van der Waals surface area contributed by atoms with E-state index in [1.807, 2.05) is 85.0 Å². The highest BCUT2D eigenvalue weighted by Gasteiger charge is 2.31. The van der Waals surface area contributed by atoms with Gasteiger partial charge in [0.15, 0.2) is 0 Å². The van der Waals surface area contributed by atoms with Crippen LogP contribution in [0, 0.1) is 11.3 Å². The lowest BCUT2D eigenvalue weighted by molar-refractivity contribution is -0.128. The van der Waals surface area contributed by atoms with E-state index < -0.39 is 0 Å². The Kier molecular flexibility index (Phi) is 11.1. The van der Waals surface area contributed by atoms with Gasteiger partial charge in [-0.2, -0.15) is 5.26 Å². The van der Waals surface area contributed by atoms with E-state index >= 15 is 0 Å². The maximum atomic E-state index is 9.16. The van der Waals surface area contributed by atoms with Crippen LogP contribution in [0.1, 0.15) is 30.4 Å². The van der Waals surface area contributed by atoms with Gasteiger partial charge in [0.05, 0.1) is 50.6 Å². The molecule has 0 spiro atoms. The second kappa shape index (κ2) is 15.5. The van der Waals surface area contributed by atoms with E-state index in [4.69, 9.17) is 19.5 Å². The molecule has 4 heteroatoms. The number of hydrogen-bond donors (Lipinski definition) is 0. The van der Waals surface area contributed by atoms with Crippen molar-refractivity contribution in [1.82, 2.24) is 0 Å². The quantitative estimate of drug-likeness (QED) is 0.358. The first kappa shape index (κ1) is 27.3. The average Bonchev–Trinajstić information content (AvgIpc) is 2.94. The van der Waals surface area contributed by atoms with Gasteiger partial charge in [-0.1, -0.05) is 121 Å². The summed E-state index contributed by atoms with van der Waals surface area (Å²) in [5.41, 5.74) is 4.33. The molecule has 1 aliphatic carbocycles. The lowest BCUT2D eigenvalue weighted by Gasteiger charge is -2.36. The molecule has 1 fully saturated rings. The zero-order valence-electron chi connectivity index (χ0n) is 21.7. The molecular formula is C34H35NO3. The van der Waals surface area contributed by atoms with Crippen LogP contribution in [0.4, 0.5) is 0 Å². The highest BCUT2D eigenvalue weighted by molar-refractivity contribution is 5.36. The van der Waals surface area contributed by atoms with Gasteiger partial charge in [0, 0.05) is 12.8 Å². The van der Waals surface area contributed by atoms with Crippen LogP contribution >= 0.6 is 0 Å². The SMILES string of the molecule is N#CCC1=CC=CC=CC=CC(C2CC(OCc3ccccc3)CC(COCc3ccccc3)O2)=CC=C1. The molecule has 0 radical (unpaired) electrons. The molecule has 3 atom stereocenters. The third kappa shape index (κ3) is 9.28. The summed E-state index contributed by atoms with van der Waals surface area (Å²) in [5.74, 6) is 0. The fourth-order valence-electron chi connectivity index (χ4n) is 4.46. The minimum absolute atomic E-state index is 0.0477. The third-order valence-corrected chi connectivity index (χ3v) is 6.40. The molecule has 194 valence electrons. The van der Waals surface area contributed by atoms with E-state index in [1.165, 1.54) is 0 Å². The molecule has 0 N–H and O–H groups in total. The summed E-state index contributed by atoms with van der Waals surface area (Å²) in [7, 11) is 0. The molecule has 2 aromatic rings. The number of nitriles is 1. The Morgan fingerprint density at radius 1 is 0.763 bits per heavy atom. The molecular weight excluding hydrogens is 470 g/mol. The van der Waals surface area contributed by atoms with Crippen LogP contribution in [0.2, 0.25) is 0 Å². The predicted octanol–water partition coefficient (Wildman–Crippen LogP) is 7.34. The smallest absolute Gasteiger partial charge is 0.0854 e. The van der Waals surface area contributed by atoms with Crippen LogP contribution in [0.15, 0.2) is 133 Å². The molecule has 1 heterocycles. The number of rotatable bonds is 9. The first-order valence-electron chi connectivity index (χ1n) is 13.2. The van der Waals surface area contributed by atoms with Crippen molar-refractivity contribution >= 4 is 0 Å². The van der Waals surface area contributed by atoms with E-state index in [-0.39, 0.29) is 18.3 Å². The Bertz CT molecular complexity index is 1220. The Hall–Kier alpha value is -3.75. The molecule has 2 aliphatic rings. The first-order chi connectivity index (χ1) is 18.8. The van der Waals surface area contributed by atoms with Gasteiger partial charge >= 0.3 is 0 Å². The Morgan fingerprint density at radius 3 is 2.24 bits per heavy atom. The predicted molar refractivity (Wildman–Crippen MR) is 152 cm³/mol. The Balaban J connectivity index is 1.49. The number of nitrogens with zero attached hydrogens (tertiary/aromatic N) is 1.